The molecule has 9 nitrogen and oxygen atoms in total. The number of carbonyl (C=O) groups is 1. The third kappa shape index (κ3) is 4.42. The predicted molar refractivity (Wildman–Crippen MR) is 112 cm³/mol. The number of carbonyl (C=O) groups excluding carboxylic acids is 1. The number of hydrogen-bond acceptors (Lipinski definition) is 6. The molecule has 160 valence electrons. The van der Waals surface area contributed by atoms with E-state index in [1.807, 2.05) is 4.90 Å². The number of hydrogen-bond donors (Lipinski definition) is 2. The van der Waals surface area contributed by atoms with Gasteiger partial charge in [0.15, 0.2) is 7.05 Å². The Morgan fingerprint density at radius 1 is 1.10 bits per heavy atom. The van der Waals surface area contributed by atoms with Gasteiger partial charge in [0.2, 0.25) is 10.0 Å². The second kappa shape index (κ2) is 8.86. The van der Waals surface area contributed by atoms with Crippen LogP contribution in [0, 0.1) is 4.91 Å². The lowest BCUT2D eigenvalue weighted by molar-refractivity contribution is -0.428. The molecular formula is C18H19Cl2N4O5S+. The minimum atomic E-state index is -3.82. The van der Waals surface area contributed by atoms with Crippen LogP contribution in [0.4, 0.5) is 11.4 Å². The number of nitrogens with zero attached hydrogens (tertiary/aromatic N) is 3. The first-order chi connectivity index (χ1) is 14.1. The second-order valence-electron chi connectivity index (χ2n) is 6.61. The van der Waals surface area contributed by atoms with Crippen molar-refractivity contribution in [2.24, 2.45) is 0 Å². The molecular weight excluding hydrogens is 455 g/mol. The minimum absolute atomic E-state index is 0.0230. The number of nitroso groups, excluding NO2 is 1. The summed E-state index contributed by atoms with van der Waals surface area (Å²) in [4.78, 5) is 25.4. The van der Waals surface area contributed by atoms with Crippen LogP contribution < -0.4 is 10.4 Å². The van der Waals surface area contributed by atoms with Crippen LogP contribution in [0.2, 0.25) is 10.0 Å². The van der Waals surface area contributed by atoms with Crippen molar-refractivity contribution in [3.63, 3.8) is 0 Å². The van der Waals surface area contributed by atoms with Gasteiger partial charge in [0.1, 0.15) is 4.90 Å². The van der Waals surface area contributed by atoms with E-state index in [9.17, 15) is 18.1 Å². The molecule has 1 aliphatic heterocycles. The van der Waals surface area contributed by atoms with E-state index < -0.39 is 15.9 Å². The molecule has 0 radical (unpaired) electrons. The van der Waals surface area contributed by atoms with E-state index in [4.69, 9.17) is 28.4 Å². The van der Waals surface area contributed by atoms with Crippen LogP contribution >= 0.6 is 23.2 Å². The summed E-state index contributed by atoms with van der Waals surface area (Å²) in [5, 5.41) is 9.43. The summed E-state index contributed by atoms with van der Waals surface area (Å²) < 4.78 is 27.8. The van der Waals surface area contributed by atoms with Crippen LogP contribution in [0.5, 0.6) is 0 Å². The normalized spacial score (nSPS) is 15.1. The van der Waals surface area contributed by atoms with Crippen LogP contribution in [0.25, 0.3) is 0 Å². The molecule has 0 unspecified atom stereocenters. The fourth-order valence-corrected chi connectivity index (χ4v) is 5.40. The Morgan fingerprint density at radius 2 is 1.77 bits per heavy atom. The highest BCUT2D eigenvalue weighted by atomic mass is 35.5. The monoisotopic (exact) mass is 473 g/mol. The number of halogens is 2. The first-order valence-corrected chi connectivity index (χ1v) is 11.0. The molecule has 1 heterocycles. The first-order valence-electron chi connectivity index (χ1n) is 8.84. The van der Waals surface area contributed by atoms with Gasteiger partial charge >= 0.3 is 0 Å². The Balaban J connectivity index is 1.83. The molecule has 1 saturated heterocycles. The Labute approximate surface area is 183 Å². The molecule has 12 heteroatoms. The number of sulfonamides is 1. The molecule has 0 spiro atoms. The number of rotatable bonds is 5. The molecule has 0 saturated carbocycles. The minimum Gasteiger partial charge on any atom is -0.368 e. The molecule has 1 aliphatic rings. The fourth-order valence-electron chi connectivity index (χ4n) is 3.23. The topological polar surface area (TPSA) is 110 Å². The summed E-state index contributed by atoms with van der Waals surface area (Å²) in [5.74, 6) is -0.767. The molecule has 0 aromatic heterocycles. The van der Waals surface area contributed by atoms with Crippen molar-refractivity contribution in [1.29, 1.82) is 0 Å². The number of anilines is 1. The summed E-state index contributed by atoms with van der Waals surface area (Å²) in [5.41, 5.74) is 2.41. The van der Waals surface area contributed by atoms with E-state index in [1.54, 1.807) is 17.6 Å². The molecule has 2 N–H and O–H groups in total. The lowest BCUT2D eigenvalue weighted by atomic mass is 10.1. The van der Waals surface area contributed by atoms with Crippen LogP contribution in [0.1, 0.15) is 10.4 Å². The van der Waals surface area contributed by atoms with Crippen molar-refractivity contribution in [2.45, 2.75) is 4.90 Å². The summed E-state index contributed by atoms with van der Waals surface area (Å²) in [7, 11) is -2.52. The Bertz CT molecular complexity index is 1100. The standard InChI is InChI=1S/C18H18Cl2N4O5S/c1-22(27)13-3-4-16(14(11-13)18(25)21-26)23-6-8-24(9-7-23)30(28,29)17-5-2-12(19)10-15(17)20/h2-5,10-11H,6-9H2,1H3,(H-,21,25,26)/p+1. The fraction of sp³-hybridized carbons (Fsp3) is 0.278. The van der Waals surface area contributed by atoms with E-state index in [2.05, 4.69) is 0 Å². The summed E-state index contributed by atoms with van der Waals surface area (Å²) in [6.45, 7) is 0.904. The van der Waals surface area contributed by atoms with Crippen LogP contribution in [-0.4, -0.2) is 61.8 Å². The number of nitrogens with one attached hydrogen (secondary N) is 1. The zero-order chi connectivity index (χ0) is 22.1. The maximum atomic E-state index is 12.9. The van der Waals surface area contributed by atoms with Crippen LogP contribution in [0.3, 0.4) is 0 Å². The Kier molecular flexibility index (Phi) is 6.63. The molecule has 0 bridgehead atoms. The smallest absolute Gasteiger partial charge is 0.276 e. The van der Waals surface area contributed by atoms with Crippen LogP contribution in [-0.2, 0) is 10.0 Å². The molecule has 30 heavy (non-hydrogen) atoms. The van der Waals surface area contributed by atoms with E-state index in [0.717, 1.165) is 0 Å². The highest BCUT2D eigenvalue weighted by Crippen LogP contribution is 2.30. The van der Waals surface area contributed by atoms with Crippen molar-refractivity contribution >= 4 is 50.5 Å². The largest absolute Gasteiger partial charge is 0.368 e. The lowest BCUT2D eigenvalue weighted by Gasteiger charge is -2.36. The van der Waals surface area contributed by atoms with Gasteiger partial charge in [-0.1, -0.05) is 23.2 Å². The molecule has 0 aliphatic carbocycles. The number of benzene rings is 2. The van der Waals surface area contributed by atoms with Gasteiger partial charge in [0.25, 0.3) is 11.6 Å². The number of amides is 1. The van der Waals surface area contributed by atoms with Gasteiger partial charge in [0.05, 0.1) is 16.3 Å². The summed E-state index contributed by atoms with van der Waals surface area (Å²) in [6.07, 6.45) is 0. The predicted octanol–water partition coefficient (Wildman–Crippen LogP) is 2.66. The van der Waals surface area contributed by atoms with E-state index >= 15 is 0 Å². The SMILES string of the molecule is C[N+](=O)c1ccc(N2CCN(S(=O)(=O)c3ccc(Cl)cc3Cl)CC2)c(C(=O)NO)c1. The van der Waals surface area contributed by atoms with E-state index in [-0.39, 0.29) is 34.3 Å². The van der Waals surface area contributed by atoms with Crippen molar-refractivity contribution in [1.82, 2.24) is 9.79 Å². The molecule has 2 aromatic rings. The van der Waals surface area contributed by atoms with E-state index in [1.165, 1.54) is 35.6 Å². The van der Waals surface area contributed by atoms with Gasteiger partial charge in [-0.15, -0.1) is 0 Å². The average molecular weight is 474 g/mol. The van der Waals surface area contributed by atoms with Crippen LogP contribution in [0.15, 0.2) is 41.3 Å². The highest BCUT2D eigenvalue weighted by Gasteiger charge is 2.31. The Hall–Kier alpha value is -2.24. The number of hydroxylamine groups is 1. The van der Waals surface area contributed by atoms with Crippen molar-refractivity contribution in [3.05, 3.63) is 56.9 Å². The van der Waals surface area contributed by atoms with Gasteiger partial charge in [-0.3, -0.25) is 10.0 Å². The van der Waals surface area contributed by atoms with Crippen molar-refractivity contribution in [3.8, 4) is 0 Å². The molecule has 1 amide bonds. The first kappa shape index (κ1) is 22.4. The Morgan fingerprint density at radius 3 is 2.33 bits per heavy atom. The maximum Gasteiger partial charge on any atom is 0.276 e. The summed E-state index contributed by atoms with van der Waals surface area (Å²) in [6, 6.07) is 8.71. The van der Waals surface area contributed by atoms with Gasteiger partial charge < -0.3 is 4.90 Å². The zero-order valence-electron chi connectivity index (χ0n) is 15.9. The van der Waals surface area contributed by atoms with Gasteiger partial charge in [0, 0.05) is 53.0 Å². The van der Waals surface area contributed by atoms with Gasteiger partial charge in [-0.2, -0.15) is 4.31 Å². The molecule has 2 aromatic carbocycles. The zero-order valence-corrected chi connectivity index (χ0v) is 18.2. The number of piperazine rings is 1. The lowest BCUT2D eigenvalue weighted by Crippen LogP contribution is -2.49. The van der Waals surface area contributed by atoms with Gasteiger partial charge in [-0.05, 0) is 24.3 Å². The van der Waals surface area contributed by atoms with Crippen molar-refractivity contribution in [2.75, 3.05) is 38.1 Å². The highest BCUT2D eigenvalue weighted by molar-refractivity contribution is 7.89. The molecule has 1 fully saturated rings. The maximum absolute atomic E-state index is 12.9. The third-order valence-corrected chi connectivity index (χ3v) is 7.40. The molecule has 0 atom stereocenters. The van der Waals surface area contributed by atoms with E-state index in [0.29, 0.717) is 28.6 Å². The van der Waals surface area contributed by atoms with Crippen molar-refractivity contribution < 1.29 is 23.2 Å². The quantitative estimate of drug-likeness (QED) is 0.392. The third-order valence-electron chi connectivity index (χ3n) is 4.78. The van der Waals surface area contributed by atoms with Gasteiger partial charge in [-0.25, -0.2) is 13.9 Å². The second-order valence-corrected chi connectivity index (χ2v) is 9.36. The average Bonchev–Trinajstić information content (AvgIpc) is 2.72. The molecule has 3 rings (SSSR count). The summed E-state index contributed by atoms with van der Waals surface area (Å²) >= 11 is 11.9.